The third kappa shape index (κ3) is 13.2. The number of nitrogens with one attached hydrogen (secondary N) is 2. The van der Waals surface area contributed by atoms with Gasteiger partial charge < -0.3 is 30.6 Å². The van der Waals surface area contributed by atoms with Gasteiger partial charge in [-0.15, -0.1) is 0 Å². The van der Waals surface area contributed by atoms with Crippen molar-refractivity contribution in [2.75, 3.05) is 44.8 Å². The Kier molecular flexibility index (Phi) is 14.0. The molecule has 33 heavy (non-hydrogen) atoms. The second kappa shape index (κ2) is 16.5. The molecule has 0 heterocycles. The number of hydrogen-bond donors (Lipinski definition) is 3. The van der Waals surface area contributed by atoms with Gasteiger partial charge in [0, 0.05) is 24.7 Å². The Balaban J connectivity index is 0.000000981. The third-order valence-corrected chi connectivity index (χ3v) is 4.13. The first kappa shape index (κ1) is 28.0. The molecule has 0 bridgehead atoms. The number of carbonyl (C=O) groups is 3. The summed E-state index contributed by atoms with van der Waals surface area (Å²) in [5.74, 6) is -0.268. The number of aryl methyl sites for hydroxylation is 1. The molecule has 0 unspecified atom stereocenters. The average Bonchev–Trinajstić information content (AvgIpc) is 2.81. The van der Waals surface area contributed by atoms with Crippen molar-refractivity contribution in [2.45, 2.75) is 20.8 Å². The van der Waals surface area contributed by atoms with Crippen molar-refractivity contribution in [2.24, 2.45) is 11.7 Å². The van der Waals surface area contributed by atoms with Crippen LogP contribution in [-0.4, -0.2) is 57.6 Å². The minimum absolute atomic E-state index is 0.0527. The molecule has 0 aliphatic heterocycles. The highest BCUT2D eigenvalue weighted by atomic mass is 16.5. The highest BCUT2D eigenvalue weighted by molar-refractivity contribution is 5.92. The van der Waals surface area contributed by atoms with Crippen molar-refractivity contribution >= 4 is 23.8 Å². The molecule has 0 aliphatic rings. The van der Waals surface area contributed by atoms with Gasteiger partial charge in [0.2, 0.25) is 11.8 Å². The summed E-state index contributed by atoms with van der Waals surface area (Å²) in [6, 6.07) is 15.9. The molecule has 2 rings (SSSR count). The molecule has 0 saturated heterocycles. The summed E-state index contributed by atoms with van der Waals surface area (Å²) in [7, 11) is 0. The molecular weight excluding hydrogens is 422 g/mol. The van der Waals surface area contributed by atoms with Crippen molar-refractivity contribution in [3.63, 3.8) is 0 Å². The number of anilines is 1. The van der Waals surface area contributed by atoms with Crippen LogP contribution in [0.5, 0.6) is 0 Å². The van der Waals surface area contributed by atoms with Gasteiger partial charge in [0.05, 0.1) is 13.2 Å². The van der Waals surface area contributed by atoms with Crippen molar-refractivity contribution in [3.8, 4) is 11.1 Å². The largest absolute Gasteiger partial charge is 0.369 e. The molecule has 0 spiro atoms. The second-order valence-electron chi connectivity index (χ2n) is 7.62. The maximum Gasteiger partial charge on any atom is 0.250 e. The Morgan fingerprint density at radius 3 is 1.88 bits per heavy atom. The molecule has 0 aromatic heterocycles. The van der Waals surface area contributed by atoms with Crippen molar-refractivity contribution < 1.29 is 23.9 Å². The van der Waals surface area contributed by atoms with Crippen LogP contribution in [0.15, 0.2) is 48.5 Å². The number of nitrogens with two attached hydrogens (primary N) is 1. The van der Waals surface area contributed by atoms with Crippen LogP contribution in [0.1, 0.15) is 19.4 Å². The van der Waals surface area contributed by atoms with Crippen molar-refractivity contribution in [1.29, 1.82) is 0 Å². The fraction of sp³-hybridized carbons (Fsp3) is 0.400. The molecule has 0 aliphatic carbocycles. The Morgan fingerprint density at radius 2 is 1.39 bits per heavy atom. The quantitative estimate of drug-likeness (QED) is 0.333. The molecule has 2 amide bonds. The lowest BCUT2D eigenvalue weighted by molar-refractivity contribution is -0.127. The fourth-order valence-corrected chi connectivity index (χ4v) is 2.40. The van der Waals surface area contributed by atoms with E-state index in [9.17, 15) is 14.4 Å². The predicted molar refractivity (Wildman–Crippen MR) is 130 cm³/mol. The molecule has 0 fully saturated rings. The van der Waals surface area contributed by atoms with Gasteiger partial charge in [-0.25, -0.2) is 0 Å². The normalized spacial score (nSPS) is 10.2. The van der Waals surface area contributed by atoms with Crippen molar-refractivity contribution in [1.82, 2.24) is 5.32 Å². The first-order valence-electron chi connectivity index (χ1n) is 10.9. The molecular formula is C25H35N3O5. The van der Waals surface area contributed by atoms with Gasteiger partial charge in [0.1, 0.15) is 19.5 Å². The molecule has 8 nitrogen and oxygen atoms in total. The summed E-state index contributed by atoms with van der Waals surface area (Å²) in [6.45, 7) is 6.89. The standard InChI is InChI=1S/C21H27N3O4.C4H8O/c1-16-2-4-17(5-3-16)18-6-8-19(9-7-18)24-21(26)15-28-13-12-27-14-20(25)23-11-10-22;1-4(2)3-5/h2-9H,10-15,22H2,1H3,(H,23,25)(H,24,26);3-4H,1-2H3. The van der Waals surface area contributed by atoms with Crippen LogP contribution in [0, 0.1) is 12.8 Å². The fourth-order valence-electron chi connectivity index (χ4n) is 2.40. The summed E-state index contributed by atoms with van der Waals surface area (Å²) in [5, 5.41) is 5.37. The Labute approximate surface area is 195 Å². The van der Waals surface area contributed by atoms with E-state index < -0.39 is 0 Å². The smallest absolute Gasteiger partial charge is 0.250 e. The number of amides is 2. The molecule has 0 saturated carbocycles. The van der Waals surface area contributed by atoms with Crippen LogP contribution in [0.25, 0.3) is 11.1 Å². The van der Waals surface area contributed by atoms with Gasteiger partial charge in [0.25, 0.3) is 0 Å². The van der Waals surface area contributed by atoms with Gasteiger partial charge in [-0.3, -0.25) is 9.59 Å². The predicted octanol–water partition coefficient (Wildman–Crippen LogP) is 2.55. The summed E-state index contributed by atoms with van der Waals surface area (Å²) >= 11 is 0. The van der Waals surface area contributed by atoms with Crippen LogP contribution < -0.4 is 16.4 Å². The lowest BCUT2D eigenvalue weighted by Gasteiger charge is -2.08. The zero-order valence-electron chi connectivity index (χ0n) is 19.6. The topological polar surface area (TPSA) is 120 Å². The number of carbonyl (C=O) groups excluding carboxylic acids is 3. The second-order valence-corrected chi connectivity index (χ2v) is 7.62. The van der Waals surface area contributed by atoms with E-state index in [1.807, 2.05) is 38.1 Å². The SMILES string of the molecule is CC(C)C=O.Cc1ccc(-c2ccc(NC(=O)COCCOCC(=O)NCCN)cc2)cc1. The number of hydrogen-bond acceptors (Lipinski definition) is 6. The van der Waals surface area contributed by atoms with E-state index in [-0.39, 0.29) is 44.2 Å². The lowest BCUT2D eigenvalue weighted by Crippen LogP contribution is -2.32. The van der Waals surface area contributed by atoms with Gasteiger partial charge in [-0.1, -0.05) is 55.8 Å². The van der Waals surface area contributed by atoms with Crippen molar-refractivity contribution in [3.05, 3.63) is 54.1 Å². The van der Waals surface area contributed by atoms with E-state index in [1.165, 1.54) is 5.56 Å². The zero-order chi connectivity index (χ0) is 24.5. The maximum atomic E-state index is 11.9. The molecule has 2 aromatic carbocycles. The summed E-state index contributed by atoms with van der Waals surface area (Å²) in [6.07, 6.45) is 0.917. The van der Waals surface area contributed by atoms with E-state index in [4.69, 9.17) is 15.2 Å². The van der Waals surface area contributed by atoms with Crippen LogP contribution >= 0.6 is 0 Å². The number of rotatable bonds is 12. The van der Waals surface area contributed by atoms with Gasteiger partial charge in [-0.05, 0) is 30.2 Å². The summed E-state index contributed by atoms with van der Waals surface area (Å²) in [4.78, 5) is 32.7. The molecule has 2 aromatic rings. The van der Waals surface area contributed by atoms with Gasteiger partial charge >= 0.3 is 0 Å². The third-order valence-electron chi connectivity index (χ3n) is 4.13. The van der Waals surface area contributed by atoms with E-state index in [0.29, 0.717) is 18.8 Å². The maximum absolute atomic E-state index is 11.9. The van der Waals surface area contributed by atoms with E-state index in [2.05, 4.69) is 41.8 Å². The molecule has 0 radical (unpaired) electrons. The van der Waals surface area contributed by atoms with E-state index in [0.717, 1.165) is 17.4 Å². The van der Waals surface area contributed by atoms with Crippen LogP contribution in [-0.2, 0) is 23.9 Å². The van der Waals surface area contributed by atoms with E-state index in [1.54, 1.807) is 0 Å². The highest BCUT2D eigenvalue weighted by Crippen LogP contribution is 2.21. The Morgan fingerprint density at radius 1 is 0.909 bits per heavy atom. The average molecular weight is 458 g/mol. The molecule has 180 valence electrons. The van der Waals surface area contributed by atoms with E-state index >= 15 is 0 Å². The number of aldehydes is 1. The monoisotopic (exact) mass is 457 g/mol. The Bertz CT molecular complexity index is 836. The van der Waals surface area contributed by atoms with Crippen LogP contribution in [0.4, 0.5) is 5.69 Å². The summed E-state index contributed by atoms with van der Waals surface area (Å²) in [5.41, 5.74) is 9.41. The number of benzene rings is 2. The number of ether oxygens (including phenoxy) is 2. The lowest BCUT2D eigenvalue weighted by atomic mass is 10.0. The molecule has 4 N–H and O–H groups in total. The Hall–Kier alpha value is -3.07. The minimum Gasteiger partial charge on any atom is -0.369 e. The highest BCUT2D eigenvalue weighted by Gasteiger charge is 2.04. The molecule has 8 heteroatoms. The summed E-state index contributed by atoms with van der Waals surface area (Å²) < 4.78 is 10.4. The molecule has 0 atom stereocenters. The zero-order valence-corrected chi connectivity index (χ0v) is 19.6. The van der Waals surface area contributed by atoms with Crippen LogP contribution in [0.2, 0.25) is 0 Å². The minimum atomic E-state index is -0.247. The van der Waals surface area contributed by atoms with Crippen LogP contribution in [0.3, 0.4) is 0 Å². The van der Waals surface area contributed by atoms with Gasteiger partial charge in [-0.2, -0.15) is 0 Å². The first-order valence-corrected chi connectivity index (χ1v) is 10.9. The van der Waals surface area contributed by atoms with Gasteiger partial charge in [0.15, 0.2) is 0 Å². The first-order chi connectivity index (χ1) is 15.8.